The molecule has 0 amide bonds. The lowest BCUT2D eigenvalue weighted by molar-refractivity contribution is 0.402. The second-order valence-electron chi connectivity index (χ2n) is 3.53. The molecule has 1 heterocycles. The van der Waals surface area contributed by atoms with Crippen molar-refractivity contribution in [2.45, 2.75) is 6.92 Å². The van der Waals surface area contributed by atoms with E-state index in [0.717, 1.165) is 22.2 Å². The first-order valence-corrected chi connectivity index (χ1v) is 4.95. The van der Waals surface area contributed by atoms with Gasteiger partial charge in [-0.15, -0.1) is 0 Å². The van der Waals surface area contributed by atoms with Crippen molar-refractivity contribution in [2.75, 3.05) is 20.0 Å². The summed E-state index contributed by atoms with van der Waals surface area (Å²) in [5.74, 6) is 1.36. The summed E-state index contributed by atoms with van der Waals surface area (Å²) in [5.41, 5.74) is 7.42. The standard InChI is InChI=1S/C12H14N2O2/c1-7-11(13)10-6-8(15-2)4-5-9(10)12(14-7)16-3/h4-6H,13H2,1-3H3. The third-order valence-electron chi connectivity index (χ3n) is 2.60. The number of ether oxygens (including phenoxy) is 2. The number of pyridine rings is 1. The number of fused-ring (bicyclic) bond motifs is 1. The minimum absolute atomic E-state index is 0.587. The summed E-state index contributed by atoms with van der Waals surface area (Å²) in [6.45, 7) is 1.86. The van der Waals surface area contributed by atoms with Crippen molar-refractivity contribution >= 4 is 16.5 Å². The molecule has 0 saturated heterocycles. The van der Waals surface area contributed by atoms with E-state index in [-0.39, 0.29) is 0 Å². The maximum absolute atomic E-state index is 5.99. The van der Waals surface area contributed by atoms with Crippen LogP contribution in [0.5, 0.6) is 11.6 Å². The molecule has 4 heteroatoms. The number of methoxy groups -OCH3 is 2. The van der Waals surface area contributed by atoms with Gasteiger partial charge in [0.15, 0.2) is 0 Å². The third-order valence-corrected chi connectivity index (χ3v) is 2.60. The van der Waals surface area contributed by atoms with Gasteiger partial charge >= 0.3 is 0 Å². The minimum atomic E-state index is 0.587. The molecule has 2 aromatic rings. The van der Waals surface area contributed by atoms with Gasteiger partial charge in [0.05, 0.1) is 25.6 Å². The lowest BCUT2D eigenvalue weighted by Gasteiger charge is -2.10. The van der Waals surface area contributed by atoms with E-state index in [1.807, 2.05) is 25.1 Å². The van der Waals surface area contributed by atoms with Crippen molar-refractivity contribution in [3.63, 3.8) is 0 Å². The molecule has 0 aliphatic heterocycles. The zero-order chi connectivity index (χ0) is 11.7. The van der Waals surface area contributed by atoms with Gasteiger partial charge in [-0.2, -0.15) is 0 Å². The fourth-order valence-corrected chi connectivity index (χ4v) is 1.68. The molecule has 0 aliphatic carbocycles. The van der Waals surface area contributed by atoms with Crippen LogP contribution in [0.25, 0.3) is 10.8 Å². The fraction of sp³-hybridized carbons (Fsp3) is 0.250. The Morgan fingerprint density at radius 1 is 1.12 bits per heavy atom. The summed E-state index contributed by atoms with van der Waals surface area (Å²) in [6.07, 6.45) is 0. The topological polar surface area (TPSA) is 57.4 Å². The van der Waals surface area contributed by atoms with Crippen LogP contribution < -0.4 is 15.2 Å². The summed E-state index contributed by atoms with van der Waals surface area (Å²) < 4.78 is 10.4. The summed E-state index contributed by atoms with van der Waals surface area (Å²) in [6, 6.07) is 5.65. The first-order chi connectivity index (χ1) is 7.67. The zero-order valence-electron chi connectivity index (χ0n) is 9.57. The Morgan fingerprint density at radius 2 is 1.88 bits per heavy atom. The van der Waals surface area contributed by atoms with Gasteiger partial charge in [0.1, 0.15) is 5.75 Å². The molecule has 1 aromatic heterocycles. The van der Waals surface area contributed by atoms with E-state index >= 15 is 0 Å². The number of aryl methyl sites for hydroxylation is 1. The van der Waals surface area contributed by atoms with E-state index < -0.39 is 0 Å². The van der Waals surface area contributed by atoms with Gasteiger partial charge in [-0.3, -0.25) is 0 Å². The monoisotopic (exact) mass is 218 g/mol. The first-order valence-electron chi connectivity index (χ1n) is 4.95. The molecule has 2 N–H and O–H groups in total. The molecular formula is C12H14N2O2. The van der Waals surface area contributed by atoms with E-state index in [4.69, 9.17) is 15.2 Å². The predicted molar refractivity (Wildman–Crippen MR) is 64.0 cm³/mol. The van der Waals surface area contributed by atoms with Crippen molar-refractivity contribution < 1.29 is 9.47 Å². The summed E-state index contributed by atoms with van der Waals surface area (Å²) in [4.78, 5) is 4.29. The van der Waals surface area contributed by atoms with Gasteiger partial charge in [0.25, 0.3) is 0 Å². The molecule has 0 radical (unpaired) electrons. The van der Waals surface area contributed by atoms with Crippen molar-refractivity contribution in [3.8, 4) is 11.6 Å². The van der Waals surface area contributed by atoms with Crippen LogP contribution in [-0.2, 0) is 0 Å². The average Bonchev–Trinajstić information content (AvgIpc) is 2.33. The molecule has 16 heavy (non-hydrogen) atoms. The number of benzene rings is 1. The third kappa shape index (κ3) is 1.52. The van der Waals surface area contributed by atoms with Crippen molar-refractivity contribution in [1.29, 1.82) is 0 Å². The van der Waals surface area contributed by atoms with Crippen molar-refractivity contribution in [2.24, 2.45) is 0 Å². The van der Waals surface area contributed by atoms with Crippen LogP contribution >= 0.6 is 0 Å². The number of nitrogens with zero attached hydrogens (tertiary/aromatic N) is 1. The Balaban J connectivity index is 2.82. The van der Waals surface area contributed by atoms with Crippen LogP contribution in [0.4, 0.5) is 5.69 Å². The highest BCUT2D eigenvalue weighted by atomic mass is 16.5. The SMILES string of the molecule is COc1ccc2c(OC)nc(C)c(N)c2c1. The van der Waals surface area contributed by atoms with Crippen LogP contribution in [-0.4, -0.2) is 19.2 Å². The van der Waals surface area contributed by atoms with E-state index in [1.54, 1.807) is 14.2 Å². The molecule has 2 rings (SSSR count). The van der Waals surface area contributed by atoms with E-state index in [1.165, 1.54) is 0 Å². The Hall–Kier alpha value is -1.97. The van der Waals surface area contributed by atoms with E-state index in [0.29, 0.717) is 11.6 Å². The maximum atomic E-state index is 5.99. The lowest BCUT2D eigenvalue weighted by Crippen LogP contribution is -1.98. The highest BCUT2D eigenvalue weighted by molar-refractivity contribution is 5.97. The molecule has 0 spiro atoms. The van der Waals surface area contributed by atoms with Gasteiger partial charge < -0.3 is 15.2 Å². The molecule has 0 saturated carbocycles. The number of nitrogen functional groups attached to an aromatic ring is 1. The smallest absolute Gasteiger partial charge is 0.221 e. The predicted octanol–water partition coefficient (Wildman–Crippen LogP) is 2.14. The molecule has 0 aliphatic rings. The van der Waals surface area contributed by atoms with Crippen LogP contribution in [0.2, 0.25) is 0 Å². The second-order valence-corrected chi connectivity index (χ2v) is 3.53. The number of rotatable bonds is 2. The van der Waals surface area contributed by atoms with E-state index in [9.17, 15) is 0 Å². The Kier molecular flexibility index (Phi) is 2.56. The molecule has 0 unspecified atom stereocenters. The number of aromatic nitrogens is 1. The van der Waals surface area contributed by atoms with Gasteiger partial charge in [0, 0.05) is 10.8 Å². The number of hydrogen-bond acceptors (Lipinski definition) is 4. The van der Waals surface area contributed by atoms with Crippen molar-refractivity contribution in [3.05, 3.63) is 23.9 Å². The van der Waals surface area contributed by atoms with Crippen LogP contribution in [0, 0.1) is 6.92 Å². The second kappa shape index (κ2) is 3.89. The zero-order valence-corrected chi connectivity index (χ0v) is 9.57. The fourth-order valence-electron chi connectivity index (χ4n) is 1.68. The highest BCUT2D eigenvalue weighted by Gasteiger charge is 2.10. The van der Waals surface area contributed by atoms with Gasteiger partial charge in [0.2, 0.25) is 5.88 Å². The largest absolute Gasteiger partial charge is 0.497 e. The maximum Gasteiger partial charge on any atom is 0.221 e. The molecule has 4 nitrogen and oxygen atoms in total. The average molecular weight is 218 g/mol. The number of anilines is 1. The molecule has 1 aromatic carbocycles. The molecule has 0 atom stereocenters. The van der Waals surface area contributed by atoms with E-state index in [2.05, 4.69) is 4.98 Å². The molecule has 0 bridgehead atoms. The molecule has 0 fully saturated rings. The quantitative estimate of drug-likeness (QED) is 0.839. The Morgan fingerprint density at radius 3 is 2.50 bits per heavy atom. The van der Waals surface area contributed by atoms with Crippen molar-refractivity contribution in [1.82, 2.24) is 4.98 Å². The Bertz CT molecular complexity index is 538. The molecular weight excluding hydrogens is 204 g/mol. The highest BCUT2D eigenvalue weighted by Crippen LogP contribution is 2.32. The molecule has 84 valence electrons. The van der Waals surface area contributed by atoms with Gasteiger partial charge in [-0.05, 0) is 25.1 Å². The summed E-state index contributed by atoms with van der Waals surface area (Å²) in [7, 11) is 3.23. The van der Waals surface area contributed by atoms with Crippen LogP contribution in [0.15, 0.2) is 18.2 Å². The summed E-state index contributed by atoms with van der Waals surface area (Å²) >= 11 is 0. The minimum Gasteiger partial charge on any atom is -0.497 e. The number of nitrogens with two attached hydrogens (primary N) is 1. The van der Waals surface area contributed by atoms with Crippen LogP contribution in [0.3, 0.4) is 0 Å². The summed E-state index contributed by atoms with van der Waals surface area (Å²) in [5, 5.41) is 1.80. The van der Waals surface area contributed by atoms with Crippen LogP contribution in [0.1, 0.15) is 5.69 Å². The first kappa shape index (κ1) is 10.5. The number of hydrogen-bond donors (Lipinski definition) is 1. The Labute approximate surface area is 94.0 Å². The van der Waals surface area contributed by atoms with Gasteiger partial charge in [-0.25, -0.2) is 4.98 Å². The van der Waals surface area contributed by atoms with Gasteiger partial charge in [-0.1, -0.05) is 0 Å². The normalized spacial score (nSPS) is 10.4. The lowest BCUT2D eigenvalue weighted by atomic mass is 10.1.